The van der Waals surface area contributed by atoms with E-state index >= 15 is 0 Å². The molecular weight excluding hydrogens is 689 g/mol. The minimum Gasteiger partial charge on any atom is -0.457 e. The molecule has 0 amide bonds. The normalized spacial score (nSPS) is 12.3. The Morgan fingerprint density at radius 2 is 0.696 bits per heavy atom. The Labute approximate surface area is 352 Å². The molecule has 0 aliphatic carbocycles. The number of rotatable bonds is 49. The first-order valence-corrected chi connectivity index (χ1v) is 25.8. The third-order valence-electron chi connectivity index (χ3n) is 11.8. The first-order valence-electron chi connectivity index (χ1n) is 25.8. The van der Waals surface area contributed by atoms with Gasteiger partial charge in [0.1, 0.15) is 6.10 Å². The van der Waals surface area contributed by atoms with E-state index in [2.05, 4.69) is 26.0 Å². The van der Waals surface area contributed by atoms with Gasteiger partial charge < -0.3 is 14.6 Å². The number of hydrogen-bond donors (Lipinski definition) is 1. The summed E-state index contributed by atoms with van der Waals surface area (Å²) in [5, 5.41) is 9.65. The number of esters is 1. The number of allylic oxidation sites excluding steroid dienone is 2. The summed E-state index contributed by atoms with van der Waals surface area (Å²) in [5.41, 5.74) is 0. The molecule has 4 nitrogen and oxygen atoms in total. The van der Waals surface area contributed by atoms with Gasteiger partial charge >= 0.3 is 5.97 Å². The van der Waals surface area contributed by atoms with Crippen molar-refractivity contribution in [2.75, 3.05) is 19.8 Å². The van der Waals surface area contributed by atoms with Gasteiger partial charge in [-0.15, -0.1) is 0 Å². The molecule has 0 heterocycles. The molecule has 1 N–H and O–H groups in total. The Morgan fingerprint density at radius 3 is 1.02 bits per heavy atom. The molecule has 56 heavy (non-hydrogen) atoms. The molecule has 0 bridgehead atoms. The summed E-state index contributed by atoms with van der Waals surface area (Å²) in [6.45, 7) is 5.41. The van der Waals surface area contributed by atoms with Gasteiger partial charge in [0, 0.05) is 13.0 Å². The lowest BCUT2D eigenvalue weighted by atomic mass is 10.0. The van der Waals surface area contributed by atoms with Gasteiger partial charge in [-0.2, -0.15) is 0 Å². The van der Waals surface area contributed by atoms with E-state index in [1.54, 1.807) is 0 Å². The first-order chi connectivity index (χ1) is 27.7. The molecule has 4 heteroatoms. The molecule has 0 saturated carbocycles. The van der Waals surface area contributed by atoms with E-state index in [4.69, 9.17) is 9.47 Å². The maximum absolute atomic E-state index is 12.3. The van der Waals surface area contributed by atoms with Crippen LogP contribution in [0.4, 0.5) is 0 Å². The second-order valence-corrected chi connectivity index (χ2v) is 17.6. The Morgan fingerprint density at radius 1 is 0.411 bits per heavy atom. The Balaban J connectivity index is 3.34. The fraction of sp³-hybridized carbons (Fsp3) is 0.942. The van der Waals surface area contributed by atoms with Crippen molar-refractivity contribution in [1.82, 2.24) is 0 Å². The molecule has 0 fully saturated rings. The molecule has 0 aliphatic rings. The van der Waals surface area contributed by atoms with Crippen LogP contribution >= 0.6 is 0 Å². The van der Waals surface area contributed by atoms with Crippen LogP contribution in [0.15, 0.2) is 12.2 Å². The minimum atomic E-state index is -0.529. The third-order valence-corrected chi connectivity index (χ3v) is 11.8. The Kier molecular flexibility index (Phi) is 49.5. The van der Waals surface area contributed by atoms with Gasteiger partial charge in [-0.3, -0.25) is 4.79 Å². The lowest BCUT2D eigenvalue weighted by molar-refractivity contribution is -0.154. The highest BCUT2D eigenvalue weighted by atomic mass is 16.6. The van der Waals surface area contributed by atoms with Crippen LogP contribution in [0.2, 0.25) is 0 Å². The zero-order valence-electron chi connectivity index (χ0n) is 38.4. The first kappa shape index (κ1) is 55.1. The van der Waals surface area contributed by atoms with Crippen LogP contribution in [0.1, 0.15) is 290 Å². The van der Waals surface area contributed by atoms with Gasteiger partial charge in [0.2, 0.25) is 0 Å². The van der Waals surface area contributed by atoms with Gasteiger partial charge in [-0.25, -0.2) is 0 Å². The SMILES string of the molecule is CCCCCCCCCC/C=C\CCCCCCCCCCCCCCCC(=O)OC(CO)COCCCCCCCCCCCCCCCCCCCCC. The van der Waals surface area contributed by atoms with Crippen LogP contribution in [-0.4, -0.2) is 37.0 Å². The van der Waals surface area contributed by atoms with E-state index in [9.17, 15) is 9.90 Å². The lowest BCUT2D eigenvalue weighted by Crippen LogP contribution is -2.27. The second-order valence-electron chi connectivity index (χ2n) is 17.6. The zero-order chi connectivity index (χ0) is 40.5. The largest absolute Gasteiger partial charge is 0.457 e. The van der Waals surface area contributed by atoms with Crippen molar-refractivity contribution in [3.8, 4) is 0 Å². The molecule has 0 aromatic carbocycles. The van der Waals surface area contributed by atoms with Crippen molar-refractivity contribution in [2.24, 2.45) is 0 Å². The summed E-state index contributed by atoms with van der Waals surface area (Å²) < 4.78 is 11.2. The molecule has 0 spiro atoms. The summed E-state index contributed by atoms with van der Waals surface area (Å²) in [6, 6.07) is 0. The molecule has 1 atom stereocenters. The quantitative estimate of drug-likeness (QED) is 0.0379. The maximum atomic E-state index is 12.3. The topological polar surface area (TPSA) is 55.8 Å². The predicted octanol–water partition coefficient (Wildman–Crippen LogP) is 17.3. The standard InChI is InChI=1S/C52H102O4/c1-3-5-7-9-11-13-15-17-19-21-23-24-25-26-27-28-29-31-33-35-37-39-41-43-45-47-52(54)56-51(49-53)50-55-48-46-44-42-40-38-36-34-32-30-22-20-18-16-14-12-10-8-6-4-2/h21,23,51,53H,3-20,22,24-50H2,1-2H3/b23-21-. The van der Waals surface area contributed by atoms with Crippen LogP contribution in [0.5, 0.6) is 0 Å². The molecule has 334 valence electrons. The highest BCUT2D eigenvalue weighted by Crippen LogP contribution is 2.17. The smallest absolute Gasteiger partial charge is 0.306 e. The van der Waals surface area contributed by atoms with E-state index in [1.165, 1.54) is 250 Å². The van der Waals surface area contributed by atoms with Gasteiger partial charge in [0.15, 0.2) is 0 Å². The van der Waals surface area contributed by atoms with E-state index in [0.717, 1.165) is 19.3 Å². The number of aliphatic hydroxyl groups excluding tert-OH is 1. The Bertz CT molecular complexity index is 751. The summed E-state index contributed by atoms with van der Waals surface area (Å²) in [5.74, 6) is -0.193. The van der Waals surface area contributed by atoms with Gasteiger partial charge in [-0.1, -0.05) is 257 Å². The fourth-order valence-electron chi connectivity index (χ4n) is 7.97. The van der Waals surface area contributed by atoms with E-state index < -0.39 is 6.10 Å². The van der Waals surface area contributed by atoms with Crippen LogP contribution in [-0.2, 0) is 14.3 Å². The van der Waals surface area contributed by atoms with Crippen molar-refractivity contribution in [1.29, 1.82) is 0 Å². The van der Waals surface area contributed by atoms with Crippen LogP contribution in [0, 0.1) is 0 Å². The maximum Gasteiger partial charge on any atom is 0.306 e. The van der Waals surface area contributed by atoms with Crippen molar-refractivity contribution >= 4 is 5.97 Å². The van der Waals surface area contributed by atoms with Crippen LogP contribution in [0.3, 0.4) is 0 Å². The van der Waals surface area contributed by atoms with Crippen molar-refractivity contribution < 1.29 is 19.4 Å². The van der Waals surface area contributed by atoms with Gasteiger partial charge in [-0.05, 0) is 38.5 Å². The number of aliphatic hydroxyl groups is 1. The molecule has 1 unspecified atom stereocenters. The predicted molar refractivity (Wildman–Crippen MR) is 247 cm³/mol. The molecule has 0 rings (SSSR count). The molecule has 0 aliphatic heterocycles. The highest BCUT2D eigenvalue weighted by Gasteiger charge is 2.13. The number of carbonyl (C=O) groups excluding carboxylic acids is 1. The van der Waals surface area contributed by atoms with Crippen LogP contribution < -0.4 is 0 Å². The molecule has 0 aromatic rings. The van der Waals surface area contributed by atoms with Crippen molar-refractivity contribution in [3.05, 3.63) is 12.2 Å². The average molecular weight is 791 g/mol. The number of hydrogen-bond acceptors (Lipinski definition) is 4. The molecule has 0 aromatic heterocycles. The summed E-state index contributed by atoms with van der Waals surface area (Å²) >= 11 is 0. The second kappa shape index (κ2) is 50.3. The summed E-state index contributed by atoms with van der Waals surface area (Å²) in [4.78, 5) is 12.3. The minimum absolute atomic E-state index is 0.165. The monoisotopic (exact) mass is 791 g/mol. The summed E-state index contributed by atoms with van der Waals surface area (Å²) in [7, 11) is 0. The van der Waals surface area contributed by atoms with Gasteiger partial charge in [0.25, 0.3) is 0 Å². The zero-order valence-corrected chi connectivity index (χ0v) is 38.4. The van der Waals surface area contributed by atoms with E-state index in [0.29, 0.717) is 19.6 Å². The molecule has 0 saturated heterocycles. The highest BCUT2D eigenvalue weighted by molar-refractivity contribution is 5.69. The van der Waals surface area contributed by atoms with Crippen molar-refractivity contribution in [3.63, 3.8) is 0 Å². The number of carbonyl (C=O) groups is 1. The Hall–Kier alpha value is -0.870. The van der Waals surface area contributed by atoms with Crippen LogP contribution in [0.25, 0.3) is 0 Å². The molecule has 0 radical (unpaired) electrons. The fourth-order valence-corrected chi connectivity index (χ4v) is 7.97. The van der Waals surface area contributed by atoms with E-state index in [-0.39, 0.29) is 12.6 Å². The molecular formula is C52H102O4. The number of unbranched alkanes of at least 4 members (excludes halogenated alkanes) is 39. The average Bonchev–Trinajstić information content (AvgIpc) is 3.20. The third kappa shape index (κ3) is 47.5. The van der Waals surface area contributed by atoms with Gasteiger partial charge in [0.05, 0.1) is 13.2 Å². The summed E-state index contributed by atoms with van der Waals surface area (Å²) in [6.07, 6.45) is 61.6. The lowest BCUT2D eigenvalue weighted by Gasteiger charge is -2.16. The number of ether oxygens (including phenoxy) is 2. The van der Waals surface area contributed by atoms with Crippen molar-refractivity contribution in [2.45, 2.75) is 296 Å². The van der Waals surface area contributed by atoms with E-state index in [1.807, 2.05) is 0 Å².